The standard InChI is InChI=1S/C16H33N3O/c1-2-17-15(8-13-20)14-18-11-6-16(7-12-18)19-9-4-3-5-10-19/h15-17,20H,2-14H2,1H3. The normalized spacial score (nSPS) is 24.9. The average molecular weight is 283 g/mol. The molecule has 0 amide bonds. The molecule has 0 radical (unpaired) electrons. The SMILES string of the molecule is CCNC(CCO)CN1CCC(N2CCCCC2)CC1. The van der Waals surface area contributed by atoms with Gasteiger partial charge >= 0.3 is 0 Å². The summed E-state index contributed by atoms with van der Waals surface area (Å²) in [6, 6.07) is 1.29. The third-order valence-corrected chi connectivity index (χ3v) is 4.91. The second kappa shape index (κ2) is 8.98. The van der Waals surface area contributed by atoms with Crippen molar-refractivity contribution in [2.75, 3.05) is 45.9 Å². The van der Waals surface area contributed by atoms with Crippen LogP contribution in [0.1, 0.15) is 45.4 Å². The number of aliphatic hydroxyl groups is 1. The highest BCUT2D eigenvalue weighted by atomic mass is 16.3. The van der Waals surface area contributed by atoms with E-state index in [1.165, 1.54) is 58.3 Å². The van der Waals surface area contributed by atoms with Crippen LogP contribution in [0.5, 0.6) is 0 Å². The van der Waals surface area contributed by atoms with Crippen molar-refractivity contribution in [3.8, 4) is 0 Å². The number of rotatable bonds is 7. The van der Waals surface area contributed by atoms with E-state index in [2.05, 4.69) is 22.0 Å². The summed E-state index contributed by atoms with van der Waals surface area (Å²) >= 11 is 0. The van der Waals surface area contributed by atoms with Gasteiger partial charge in [-0.1, -0.05) is 13.3 Å². The summed E-state index contributed by atoms with van der Waals surface area (Å²) in [6.07, 6.45) is 7.77. The van der Waals surface area contributed by atoms with Gasteiger partial charge in [0.1, 0.15) is 0 Å². The van der Waals surface area contributed by atoms with Crippen LogP contribution in [0.4, 0.5) is 0 Å². The van der Waals surface area contributed by atoms with Crippen molar-refractivity contribution in [3.63, 3.8) is 0 Å². The average Bonchev–Trinajstić information content (AvgIpc) is 2.49. The summed E-state index contributed by atoms with van der Waals surface area (Å²) < 4.78 is 0. The Morgan fingerprint density at radius 2 is 1.80 bits per heavy atom. The fourth-order valence-electron chi connectivity index (χ4n) is 3.76. The second-order valence-electron chi connectivity index (χ2n) is 6.40. The molecule has 0 saturated carbocycles. The molecule has 2 aliphatic rings. The molecule has 2 N–H and O–H groups in total. The Kier molecular flexibility index (Phi) is 7.28. The lowest BCUT2D eigenvalue weighted by molar-refractivity contribution is 0.0862. The molecular weight excluding hydrogens is 250 g/mol. The molecule has 1 unspecified atom stereocenters. The molecule has 0 bridgehead atoms. The van der Waals surface area contributed by atoms with Gasteiger partial charge in [0.15, 0.2) is 0 Å². The van der Waals surface area contributed by atoms with Crippen molar-refractivity contribution in [2.24, 2.45) is 0 Å². The third-order valence-electron chi connectivity index (χ3n) is 4.91. The number of hydrogen-bond donors (Lipinski definition) is 2. The van der Waals surface area contributed by atoms with Gasteiger partial charge < -0.3 is 20.2 Å². The maximum absolute atomic E-state index is 9.14. The molecule has 2 heterocycles. The first-order chi connectivity index (χ1) is 9.83. The lowest BCUT2D eigenvalue weighted by atomic mass is 9.99. The van der Waals surface area contributed by atoms with E-state index >= 15 is 0 Å². The van der Waals surface area contributed by atoms with Gasteiger partial charge in [-0.25, -0.2) is 0 Å². The van der Waals surface area contributed by atoms with E-state index in [-0.39, 0.29) is 0 Å². The maximum atomic E-state index is 9.14. The number of nitrogens with zero attached hydrogens (tertiary/aromatic N) is 2. The predicted molar refractivity (Wildman–Crippen MR) is 84.1 cm³/mol. The molecule has 4 heteroatoms. The molecule has 0 spiro atoms. The van der Waals surface area contributed by atoms with Crippen molar-refractivity contribution in [1.82, 2.24) is 15.1 Å². The van der Waals surface area contributed by atoms with Crippen molar-refractivity contribution in [2.45, 2.75) is 57.5 Å². The van der Waals surface area contributed by atoms with Crippen LogP contribution in [0.25, 0.3) is 0 Å². The third kappa shape index (κ3) is 4.99. The summed E-state index contributed by atoms with van der Waals surface area (Å²) in [5, 5.41) is 12.6. The number of hydrogen-bond acceptors (Lipinski definition) is 4. The van der Waals surface area contributed by atoms with Gasteiger partial charge in [0.2, 0.25) is 0 Å². The first kappa shape index (κ1) is 16.2. The minimum Gasteiger partial charge on any atom is -0.396 e. The predicted octanol–water partition coefficient (Wildman–Crippen LogP) is 1.30. The summed E-state index contributed by atoms with van der Waals surface area (Å²) in [5.74, 6) is 0. The monoisotopic (exact) mass is 283 g/mol. The van der Waals surface area contributed by atoms with E-state index in [1.807, 2.05) is 0 Å². The van der Waals surface area contributed by atoms with Crippen molar-refractivity contribution in [1.29, 1.82) is 0 Å². The van der Waals surface area contributed by atoms with Crippen molar-refractivity contribution >= 4 is 0 Å². The van der Waals surface area contributed by atoms with E-state index < -0.39 is 0 Å². The number of likely N-dealkylation sites (tertiary alicyclic amines) is 2. The number of likely N-dealkylation sites (N-methyl/N-ethyl adjacent to an activating group) is 1. The maximum Gasteiger partial charge on any atom is 0.0446 e. The van der Waals surface area contributed by atoms with E-state index in [0.29, 0.717) is 12.6 Å². The summed E-state index contributed by atoms with van der Waals surface area (Å²) in [4.78, 5) is 5.32. The minimum atomic E-state index is 0.294. The second-order valence-corrected chi connectivity index (χ2v) is 6.40. The number of piperidine rings is 2. The highest BCUT2D eigenvalue weighted by molar-refractivity contribution is 4.83. The van der Waals surface area contributed by atoms with Gasteiger partial charge in [-0.15, -0.1) is 0 Å². The molecule has 118 valence electrons. The molecular formula is C16H33N3O. The van der Waals surface area contributed by atoms with Crippen LogP contribution in [0.15, 0.2) is 0 Å². The number of aliphatic hydroxyl groups excluding tert-OH is 1. The van der Waals surface area contributed by atoms with Crippen LogP contribution in [0.3, 0.4) is 0 Å². The van der Waals surface area contributed by atoms with E-state index in [0.717, 1.165) is 25.6 Å². The molecule has 2 saturated heterocycles. The van der Waals surface area contributed by atoms with Crippen molar-refractivity contribution in [3.05, 3.63) is 0 Å². The van der Waals surface area contributed by atoms with E-state index in [4.69, 9.17) is 5.11 Å². The Morgan fingerprint density at radius 1 is 1.10 bits per heavy atom. The van der Waals surface area contributed by atoms with Gasteiger partial charge in [-0.2, -0.15) is 0 Å². The fourth-order valence-corrected chi connectivity index (χ4v) is 3.76. The van der Waals surface area contributed by atoms with Gasteiger partial charge in [-0.05, 0) is 64.8 Å². The Balaban J connectivity index is 1.69. The molecule has 20 heavy (non-hydrogen) atoms. The Bertz CT molecular complexity index is 242. The van der Waals surface area contributed by atoms with Crippen LogP contribution < -0.4 is 5.32 Å². The Morgan fingerprint density at radius 3 is 2.40 bits per heavy atom. The topological polar surface area (TPSA) is 38.7 Å². The summed E-state index contributed by atoms with van der Waals surface area (Å²) in [7, 11) is 0. The van der Waals surface area contributed by atoms with Gasteiger partial charge in [-0.3, -0.25) is 0 Å². The molecule has 0 aromatic heterocycles. The minimum absolute atomic E-state index is 0.294. The largest absolute Gasteiger partial charge is 0.396 e. The molecule has 2 fully saturated rings. The molecule has 1 atom stereocenters. The Hall–Kier alpha value is -0.160. The van der Waals surface area contributed by atoms with Crippen LogP contribution in [0.2, 0.25) is 0 Å². The number of nitrogens with one attached hydrogen (secondary N) is 1. The molecule has 0 aliphatic carbocycles. The zero-order valence-corrected chi connectivity index (χ0v) is 13.2. The summed E-state index contributed by atoms with van der Waals surface area (Å²) in [5.41, 5.74) is 0. The van der Waals surface area contributed by atoms with Gasteiger partial charge in [0, 0.05) is 25.2 Å². The zero-order valence-electron chi connectivity index (χ0n) is 13.2. The Labute approximate surface area is 124 Å². The fraction of sp³-hybridized carbons (Fsp3) is 1.00. The molecule has 0 aromatic rings. The molecule has 4 nitrogen and oxygen atoms in total. The first-order valence-corrected chi connectivity index (χ1v) is 8.64. The highest BCUT2D eigenvalue weighted by Gasteiger charge is 2.26. The molecule has 0 aromatic carbocycles. The van der Waals surface area contributed by atoms with Gasteiger partial charge in [0.25, 0.3) is 0 Å². The highest BCUT2D eigenvalue weighted by Crippen LogP contribution is 2.21. The van der Waals surface area contributed by atoms with Crippen LogP contribution in [-0.2, 0) is 0 Å². The molecule has 2 rings (SSSR count). The van der Waals surface area contributed by atoms with Crippen LogP contribution in [0, 0.1) is 0 Å². The van der Waals surface area contributed by atoms with E-state index in [9.17, 15) is 0 Å². The van der Waals surface area contributed by atoms with Crippen molar-refractivity contribution < 1.29 is 5.11 Å². The van der Waals surface area contributed by atoms with Gasteiger partial charge in [0.05, 0.1) is 0 Å². The van der Waals surface area contributed by atoms with Crippen LogP contribution in [-0.4, -0.2) is 72.9 Å². The lowest BCUT2D eigenvalue weighted by Gasteiger charge is -2.41. The lowest BCUT2D eigenvalue weighted by Crippen LogP contribution is -2.49. The molecule has 2 aliphatic heterocycles. The quantitative estimate of drug-likeness (QED) is 0.739. The first-order valence-electron chi connectivity index (χ1n) is 8.64. The zero-order chi connectivity index (χ0) is 14.2. The van der Waals surface area contributed by atoms with E-state index in [1.54, 1.807) is 0 Å². The smallest absolute Gasteiger partial charge is 0.0446 e. The van der Waals surface area contributed by atoms with Crippen LogP contribution >= 0.6 is 0 Å². The summed E-state index contributed by atoms with van der Waals surface area (Å²) in [6.45, 7) is 9.65.